The molecule has 1 aliphatic rings. The molecule has 150 valence electrons. The summed E-state index contributed by atoms with van der Waals surface area (Å²) in [5.41, 5.74) is 2.73. The molecule has 0 radical (unpaired) electrons. The van der Waals surface area contributed by atoms with Gasteiger partial charge in [0.15, 0.2) is 0 Å². The average molecular weight is 392 g/mol. The highest BCUT2D eigenvalue weighted by Gasteiger charge is 2.32. The molecule has 7 heteroatoms. The van der Waals surface area contributed by atoms with Crippen LogP contribution in [-0.4, -0.2) is 34.7 Å². The van der Waals surface area contributed by atoms with Crippen LogP contribution in [0.2, 0.25) is 0 Å². The van der Waals surface area contributed by atoms with E-state index in [4.69, 9.17) is 9.26 Å². The fourth-order valence-electron chi connectivity index (χ4n) is 3.51. The average Bonchev–Trinajstić information content (AvgIpc) is 3.25. The Morgan fingerprint density at radius 2 is 2.03 bits per heavy atom. The van der Waals surface area contributed by atoms with Crippen molar-refractivity contribution in [2.45, 2.75) is 32.2 Å². The third-order valence-corrected chi connectivity index (χ3v) is 5.12. The predicted octanol–water partition coefficient (Wildman–Crippen LogP) is 4.81. The monoisotopic (exact) mass is 392 g/mol. The van der Waals surface area contributed by atoms with Gasteiger partial charge in [0.2, 0.25) is 11.7 Å². The number of nitrogens with one attached hydrogen (secondary N) is 1. The van der Waals surface area contributed by atoms with E-state index in [2.05, 4.69) is 15.5 Å². The van der Waals surface area contributed by atoms with Gasteiger partial charge in [-0.2, -0.15) is 4.98 Å². The van der Waals surface area contributed by atoms with Crippen molar-refractivity contribution in [1.82, 2.24) is 15.0 Å². The number of likely N-dealkylation sites (tertiary alicyclic amines) is 1. The first-order valence-corrected chi connectivity index (χ1v) is 9.76. The normalized spacial score (nSPS) is 16.5. The third-order valence-electron chi connectivity index (χ3n) is 5.12. The molecule has 29 heavy (non-hydrogen) atoms. The van der Waals surface area contributed by atoms with Crippen molar-refractivity contribution < 1.29 is 14.1 Å². The molecule has 0 saturated carbocycles. The number of benzene rings is 2. The summed E-state index contributed by atoms with van der Waals surface area (Å²) in [5.74, 6) is 1.68. The van der Waals surface area contributed by atoms with E-state index in [0.29, 0.717) is 18.3 Å². The fourth-order valence-corrected chi connectivity index (χ4v) is 3.51. The Morgan fingerprint density at radius 3 is 2.83 bits per heavy atom. The molecule has 0 aliphatic carbocycles. The van der Waals surface area contributed by atoms with Gasteiger partial charge in [-0.3, -0.25) is 0 Å². The van der Waals surface area contributed by atoms with E-state index >= 15 is 0 Å². The third kappa shape index (κ3) is 4.23. The van der Waals surface area contributed by atoms with Gasteiger partial charge in [0, 0.05) is 17.8 Å². The Morgan fingerprint density at radius 1 is 1.21 bits per heavy atom. The Bertz CT molecular complexity index is 984. The van der Waals surface area contributed by atoms with Crippen molar-refractivity contribution in [3.63, 3.8) is 0 Å². The van der Waals surface area contributed by atoms with E-state index in [9.17, 15) is 4.79 Å². The van der Waals surface area contributed by atoms with Crippen molar-refractivity contribution in [3.05, 3.63) is 60.0 Å². The van der Waals surface area contributed by atoms with Gasteiger partial charge in [-0.25, -0.2) is 4.79 Å². The summed E-state index contributed by atoms with van der Waals surface area (Å²) < 4.78 is 10.8. The number of hydrogen-bond donors (Lipinski definition) is 1. The minimum absolute atomic E-state index is 0.153. The minimum atomic E-state index is -0.235. The highest BCUT2D eigenvalue weighted by atomic mass is 16.5. The van der Waals surface area contributed by atoms with E-state index in [0.717, 1.165) is 41.8 Å². The minimum Gasteiger partial charge on any atom is -0.497 e. The standard InChI is InChI=1S/C22H24N4O3/c1-15-9-11-17(12-10-15)23-22(27)26-13-4-3-8-19(26)21-24-20(25-29-21)16-6-5-7-18(14-16)28-2/h5-7,9-12,14,19H,3-4,8,13H2,1-2H3,(H,23,27)/t19-/m1/s1. The number of rotatable bonds is 4. The molecule has 0 bridgehead atoms. The molecule has 0 spiro atoms. The zero-order valence-electron chi connectivity index (χ0n) is 16.6. The molecule has 2 amide bonds. The van der Waals surface area contributed by atoms with Crippen LogP contribution in [0.3, 0.4) is 0 Å². The van der Waals surface area contributed by atoms with Gasteiger partial charge >= 0.3 is 6.03 Å². The number of carbonyl (C=O) groups is 1. The van der Waals surface area contributed by atoms with E-state index < -0.39 is 0 Å². The first-order valence-electron chi connectivity index (χ1n) is 9.76. The zero-order chi connectivity index (χ0) is 20.2. The van der Waals surface area contributed by atoms with Gasteiger partial charge < -0.3 is 19.5 Å². The van der Waals surface area contributed by atoms with Crippen LogP contribution in [0.15, 0.2) is 53.1 Å². The maximum atomic E-state index is 12.9. The smallest absolute Gasteiger partial charge is 0.322 e. The fraction of sp³-hybridized carbons (Fsp3) is 0.318. The summed E-state index contributed by atoms with van der Waals surface area (Å²) in [6, 6.07) is 14.9. The largest absolute Gasteiger partial charge is 0.497 e. The number of nitrogens with zero attached hydrogens (tertiary/aromatic N) is 3. The van der Waals surface area contributed by atoms with Gasteiger partial charge in [0.25, 0.3) is 0 Å². The predicted molar refractivity (Wildman–Crippen MR) is 110 cm³/mol. The molecule has 2 heterocycles. The van der Waals surface area contributed by atoms with E-state index in [1.54, 1.807) is 12.0 Å². The lowest BCUT2D eigenvalue weighted by molar-refractivity contribution is 0.142. The number of hydrogen-bond acceptors (Lipinski definition) is 5. The second-order valence-electron chi connectivity index (χ2n) is 7.19. The lowest BCUT2D eigenvalue weighted by Gasteiger charge is -2.33. The lowest BCUT2D eigenvalue weighted by atomic mass is 10.0. The van der Waals surface area contributed by atoms with Gasteiger partial charge in [-0.1, -0.05) is 35.0 Å². The van der Waals surface area contributed by atoms with Gasteiger partial charge in [-0.15, -0.1) is 0 Å². The Labute approximate surface area is 169 Å². The summed E-state index contributed by atoms with van der Waals surface area (Å²) in [6.07, 6.45) is 2.76. The number of ether oxygens (including phenoxy) is 1. The van der Waals surface area contributed by atoms with Crippen LogP contribution in [0.5, 0.6) is 5.75 Å². The molecule has 3 aromatic rings. The molecule has 1 aromatic heterocycles. The maximum Gasteiger partial charge on any atom is 0.322 e. The van der Waals surface area contributed by atoms with Gasteiger partial charge in [0.05, 0.1) is 7.11 Å². The van der Waals surface area contributed by atoms with Crippen LogP contribution in [0.1, 0.15) is 36.8 Å². The van der Waals surface area contributed by atoms with Crippen LogP contribution in [-0.2, 0) is 0 Å². The van der Waals surface area contributed by atoms with Crippen molar-refractivity contribution in [3.8, 4) is 17.1 Å². The number of piperidine rings is 1. The van der Waals surface area contributed by atoms with Crippen LogP contribution < -0.4 is 10.1 Å². The summed E-state index contributed by atoms with van der Waals surface area (Å²) in [4.78, 5) is 19.3. The first kappa shape index (κ1) is 19.0. The molecule has 4 rings (SSSR count). The quantitative estimate of drug-likeness (QED) is 0.689. The molecule has 0 unspecified atom stereocenters. The van der Waals surface area contributed by atoms with E-state index in [1.165, 1.54) is 0 Å². The summed E-state index contributed by atoms with van der Waals surface area (Å²) >= 11 is 0. The Hall–Kier alpha value is -3.35. The highest BCUT2D eigenvalue weighted by Crippen LogP contribution is 2.32. The second-order valence-corrected chi connectivity index (χ2v) is 7.19. The number of methoxy groups -OCH3 is 1. The number of urea groups is 1. The van der Waals surface area contributed by atoms with Crippen LogP contribution in [0.4, 0.5) is 10.5 Å². The Balaban J connectivity index is 1.53. The maximum absolute atomic E-state index is 12.9. The topological polar surface area (TPSA) is 80.5 Å². The molecule has 1 atom stereocenters. The molecule has 1 saturated heterocycles. The number of carbonyl (C=O) groups excluding carboxylic acids is 1. The molecule has 1 N–H and O–H groups in total. The number of aromatic nitrogens is 2. The molecule has 2 aromatic carbocycles. The molecule has 1 aliphatic heterocycles. The number of amides is 2. The van der Waals surface area contributed by atoms with E-state index in [-0.39, 0.29) is 12.1 Å². The van der Waals surface area contributed by atoms with Crippen molar-refractivity contribution in [1.29, 1.82) is 0 Å². The van der Waals surface area contributed by atoms with Gasteiger partial charge in [-0.05, 0) is 50.5 Å². The van der Waals surface area contributed by atoms with Crippen molar-refractivity contribution in [2.24, 2.45) is 0 Å². The second kappa shape index (κ2) is 8.34. The SMILES string of the molecule is COc1cccc(-c2noc([C@H]3CCCCN3C(=O)Nc3ccc(C)cc3)n2)c1. The number of aryl methyl sites for hydroxylation is 1. The molecule has 1 fully saturated rings. The lowest BCUT2D eigenvalue weighted by Crippen LogP contribution is -2.41. The van der Waals surface area contributed by atoms with Crippen LogP contribution in [0, 0.1) is 6.92 Å². The number of anilines is 1. The summed E-state index contributed by atoms with van der Waals surface area (Å²) in [7, 11) is 1.62. The van der Waals surface area contributed by atoms with Crippen LogP contribution in [0.25, 0.3) is 11.4 Å². The van der Waals surface area contributed by atoms with Crippen molar-refractivity contribution >= 4 is 11.7 Å². The molecular formula is C22H24N4O3. The van der Waals surface area contributed by atoms with Gasteiger partial charge in [0.1, 0.15) is 11.8 Å². The Kier molecular flexibility index (Phi) is 5.46. The molecule has 7 nitrogen and oxygen atoms in total. The summed E-state index contributed by atoms with van der Waals surface area (Å²) in [5, 5.41) is 7.10. The van der Waals surface area contributed by atoms with Crippen molar-refractivity contribution in [2.75, 3.05) is 19.0 Å². The molecular weight excluding hydrogens is 368 g/mol. The first-order chi connectivity index (χ1) is 14.1. The van der Waals surface area contributed by atoms with Crippen LogP contribution >= 0.6 is 0 Å². The summed E-state index contributed by atoms with van der Waals surface area (Å²) in [6.45, 7) is 2.67. The zero-order valence-corrected chi connectivity index (χ0v) is 16.6. The van der Waals surface area contributed by atoms with E-state index in [1.807, 2.05) is 55.5 Å². The highest BCUT2D eigenvalue weighted by molar-refractivity contribution is 5.89.